The topological polar surface area (TPSA) is 63.6 Å². The summed E-state index contributed by atoms with van der Waals surface area (Å²) in [4.78, 5) is 22.2. The Bertz CT molecular complexity index is 459. The Hall–Kier alpha value is -2.10. The van der Waals surface area contributed by atoms with Gasteiger partial charge >= 0.3 is 11.9 Å². The van der Waals surface area contributed by atoms with E-state index < -0.39 is 11.9 Å². The van der Waals surface area contributed by atoms with Crippen LogP contribution in [0.4, 0.5) is 0 Å². The molecule has 0 bridgehead atoms. The van der Waals surface area contributed by atoms with Gasteiger partial charge < -0.3 is 9.84 Å². The largest absolute Gasteiger partial charge is 0.478 e. The van der Waals surface area contributed by atoms with Crippen LogP contribution in [0.5, 0.6) is 0 Å². The van der Waals surface area contributed by atoms with Crippen LogP contribution in [-0.4, -0.2) is 17.0 Å². The zero-order chi connectivity index (χ0) is 13.7. The highest BCUT2D eigenvalue weighted by Gasteiger charge is 2.15. The first-order chi connectivity index (χ1) is 8.45. The van der Waals surface area contributed by atoms with Crippen molar-refractivity contribution >= 4 is 11.9 Å². The number of benzene rings is 1. The van der Waals surface area contributed by atoms with Gasteiger partial charge in [-0.05, 0) is 31.0 Å². The summed E-state index contributed by atoms with van der Waals surface area (Å²) in [5.74, 6) is -1.42. The normalized spacial score (nSPS) is 11.7. The Morgan fingerprint density at radius 1 is 1.33 bits per heavy atom. The molecule has 0 spiro atoms. The summed E-state index contributed by atoms with van der Waals surface area (Å²) in [6, 6.07) is 6.30. The van der Waals surface area contributed by atoms with Crippen LogP contribution < -0.4 is 0 Å². The van der Waals surface area contributed by atoms with E-state index in [1.54, 1.807) is 19.1 Å². The summed E-state index contributed by atoms with van der Waals surface area (Å²) >= 11 is 0. The number of carbonyl (C=O) groups excluding carboxylic acids is 1. The Morgan fingerprint density at radius 3 is 2.28 bits per heavy atom. The number of carboxylic acids is 1. The Balaban J connectivity index is 2.85. The summed E-state index contributed by atoms with van der Waals surface area (Å²) in [5.41, 5.74) is 1.33. The average Bonchev–Trinajstić information content (AvgIpc) is 2.35. The smallest absolute Gasteiger partial charge is 0.335 e. The summed E-state index contributed by atoms with van der Waals surface area (Å²) in [5, 5.41) is 8.79. The quantitative estimate of drug-likeness (QED) is 0.642. The molecule has 4 heteroatoms. The lowest BCUT2D eigenvalue weighted by Gasteiger charge is -2.16. The van der Waals surface area contributed by atoms with Crippen LogP contribution in [0.25, 0.3) is 0 Å². The fraction of sp³-hybridized carbons (Fsp3) is 0.286. The molecule has 1 unspecified atom stereocenters. The van der Waals surface area contributed by atoms with Gasteiger partial charge in [0.1, 0.15) is 6.10 Å². The monoisotopic (exact) mass is 248 g/mol. The highest BCUT2D eigenvalue weighted by atomic mass is 16.5. The van der Waals surface area contributed by atoms with Crippen LogP contribution in [0.3, 0.4) is 0 Å². The molecule has 96 valence electrons. The lowest BCUT2D eigenvalue weighted by atomic mass is 10.0. The van der Waals surface area contributed by atoms with E-state index in [1.165, 1.54) is 12.1 Å². The lowest BCUT2D eigenvalue weighted by Crippen LogP contribution is -2.11. The van der Waals surface area contributed by atoms with Gasteiger partial charge in [-0.2, -0.15) is 0 Å². The number of ether oxygens (including phenoxy) is 1. The predicted molar refractivity (Wildman–Crippen MR) is 67.3 cm³/mol. The summed E-state index contributed by atoms with van der Waals surface area (Å²) in [6.45, 7) is 7.00. The van der Waals surface area contributed by atoms with Gasteiger partial charge in [0.05, 0.1) is 5.56 Å². The van der Waals surface area contributed by atoms with E-state index in [0.29, 0.717) is 12.0 Å². The molecule has 0 aromatic heterocycles. The van der Waals surface area contributed by atoms with E-state index >= 15 is 0 Å². The van der Waals surface area contributed by atoms with Gasteiger partial charge in [0.2, 0.25) is 0 Å². The maximum absolute atomic E-state index is 11.4. The first-order valence-electron chi connectivity index (χ1n) is 5.65. The molecule has 1 aromatic rings. The van der Waals surface area contributed by atoms with Crippen molar-refractivity contribution in [3.05, 3.63) is 47.5 Å². The molecule has 0 saturated carbocycles. The van der Waals surface area contributed by atoms with Crippen molar-refractivity contribution in [1.82, 2.24) is 0 Å². The van der Waals surface area contributed by atoms with Crippen LogP contribution in [0.2, 0.25) is 0 Å². The lowest BCUT2D eigenvalue weighted by molar-refractivity contribution is -0.144. The molecule has 4 nitrogen and oxygen atoms in total. The molecule has 0 fully saturated rings. The molecular formula is C14H16O4. The van der Waals surface area contributed by atoms with Crippen LogP contribution in [0.15, 0.2) is 36.4 Å². The maximum Gasteiger partial charge on any atom is 0.335 e. The van der Waals surface area contributed by atoms with E-state index in [1.807, 2.05) is 6.92 Å². The molecule has 1 aromatic carbocycles. The van der Waals surface area contributed by atoms with Crippen molar-refractivity contribution in [3.8, 4) is 0 Å². The van der Waals surface area contributed by atoms with Crippen LogP contribution in [0, 0.1) is 0 Å². The Kier molecular flexibility index (Phi) is 4.66. The Morgan fingerprint density at radius 2 is 1.89 bits per heavy atom. The van der Waals surface area contributed by atoms with Gasteiger partial charge in [-0.1, -0.05) is 25.6 Å². The van der Waals surface area contributed by atoms with Crippen LogP contribution in [0.1, 0.15) is 42.3 Å². The van der Waals surface area contributed by atoms with E-state index in [9.17, 15) is 9.59 Å². The average molecular weight is 248 g/mol. The zero-order valence-corrected chi connectivity index (χ0v) is 10.5. The van der Waals surface area contributed by atoms with Crippen molar-refractivity contribution < 1.29 is 19.4 Å². The zero-order valence-electron chi connectivity index (χ0n) is 10.5. The van der Waals surface area contributed by atoms with Gasteiger partial charge in [-0.15, -0.1) is 0 Å². The summed E-state index contributed by atoms with van der Waals surface area (Å²) in [7, 11) is 0. The molecule has 0 radical (unpaired) electrons. The second-order valence-corrected chi connectivity index (χ2v) is 4.01. The molecule has 0 amide bonds. The highest BCUT2D eigenvalue weighted by molar-refractivity contribution is 5.88. The molecule has 0 saturated heterocycles. The van der Waals surface area contributed by atoms with Gasteiger partial charge in [-0.3, -0.25) is 0 Å². The standard InChI is InChI=1S/C14H16O4/c1-4-12(18-14(17)9(2)3)10-5-7-11(8-6-10)13(15)16/h5-8,12H,2,4H2,1,3H3,(H,15,16). The molecule has 1 atom stereocenters. The third-order valence-corrected chi connectivity index (χ3v) is 2.50. The molecule has 0 aliphatic heterocycles. The van der Waals surface area contributed by atoms with Crippen molar-refractivity contribution in [1.29, 1.82) is 0 Å². The minimum absolute atomic E-state index is 0.208. The van der Waals surface area contributed by atoms with Gasteiger partial charge in [0, 0.05) is 5.57 Å². The SMILES string of the molecule is C=C(C)C(=O)OC(CC)c1ccc(C(=O)O)cc1. The number of esters is 1. The van der Waals surface area contributed by atoms with Crippen molar-refractivity contribution in [2.24, 2.45) is 0 Å². The second-order valence-electron chi connectivity index (χ2n) is 4.01. The van der Waals surface area contributed by atoms with E-state index in [2.05, 4.69) is 6.58 Å². The molecule has 0 heterocycles. The van der Waals surface area contributed by atoms with Crippen molar-refractivity contribution in [3.63, 3.8) is 0 Å². The van der Waals surface area contributed by atoms with Gasteiger partial charge in [0.25, 0.3) is 0 Å². The molecule has 18 heavy (non-hydrogen) atoms. The van der Waals surface area contributed by atoms with Gasteiger partial charge in [-0.25, -0.2) is 9.59 Å². The third-order valence-electron chi connectivity index (χ3n) is 2.50. The van der Waals surface area contributed by atoms with Crippen LogP contribution in [-0.2, 0) is 9.53 Å². The van der Waals surface area contributed by atoms with E-state index in [0.717, 1.165) is 5.56 Å². The van der Waals surface area contributed by atoms with Gasteiger partial charge in [0.15, 0.2) is 0 Å². The second kappa shape index (κ2) is 6.00. The molecule has 0 aliphatic carbocycles. The van der Waals surface area contributed by atoms with Crippen LogP contribution >= 0.6 is 0 Å². The number of hydrogen-bond donors (Lipinski definition) is 1. The Labute approximate surface area is 106 Å². The summed E-state index contributed by atoms with van der Waals surface area (Å²) < 4.78 is 5.26. The number of aromatic carboxylic acids is 1. The summed E-state index contributed by atoms with van der Waals surface area (Å²) in [6.07, 6.45) is 0.239. The number of rotatable bonds is 5. The number of carboxylic acid groups (broad SMARTS) is 1. The number of carbonyl (C=O) groups is 2. The first-order valence-corrected chi connectivity index (χ1v) is 5.65. The number of hydrogen-bond acceptors (Lipinski definition) is 3. The highest BCUT2D eigenvalue weighted by Crippen LogP contribution is 2.22. The minimum atomic E-state index is -0.978. The van der Waals surface area contributed by atoms with E-state index in [4.69, 9.17) is 9.84 Å². The molecular weight excluding hydrogens is 232 g/mol. The predicted octanol–water partition coefficient (Wildman–Crippen LogP) is 2.96. The fourth-order valence-corrected chi connectivity index (χ4v) is 1.46. The van der Waals surface area contributed by atoms with E-state index in [-0.39, 0.29) is 11.7 Å². The molecule has 0 aliphatic rings. The maximum atomic E-state index is 11.4. The minimum Gasteiger partial charge on any atom is -0.478 e. The fourth-order valence-electron chi connectivity index (χ4n) is 1.46. The first kappa shape index (κ1) is 14.0. The third kappa shape index (κ3) is 3.45. The molecule has 1 N–H and O–H groups in total. The van der Waals surface area contributed by atoms with Crippen molar-refractivity contribution in [2.75, 3.05) is 0 Å². The molecule has 1 rings (SSSR count). The van der Waals surface area contributed by atoms with Crippen molar-refractivity contribution in [2.45, 2.75) is 26.4 Å².